The van der Waals surface area contributed by atoms with Crippen LogP contribution in [-0.2, 0) is 6.18 Å². The number of nitrogens with zero attached hydrogens (tertiary/aromatic N) is 3. The number of nitrogens with one attached hydrogen (secondary N) is 1. The Balaban J connectivity index is 3.02. The molecular formula is C5H5F3N4. The van der Waals surface area contributed by atoms with Crippen molar-refractivity contribution in [1.82, 2.24) is 15.0 Å². The lowest BCUT2D eigenvalue weighted by Gasteiger charge is -2.04. The Bertz CT molecular complexity index is 272. The lowest BCUT2D eigenvalue weighted by Crippen LogP contribution is -2.12. The molecule has 1 aromatic rings. The first-order chi connectivity index (χ1) is 5.54. The third-order valence-corrected chi connectivity index (χ3v) is 1.05. The zero-order chi connectivity index (χ0) is 9.19. The molecule has 7 heteroatoms. The van der Waals surface area contributed by atoms with Gasteiger partial charge in [-0.25, -0.2) is 9.97 Å². The highest BCUT2D eigenvalue weighted by Gasteiger charge is 2.34. The zero-order valence-electron chi connectivity index (χ0n) is 6.05. The molecule has 0 fully saturated rings. The van der Waals surface area contributed by atoms with Crippen LogP contribution >= 0.6 is 0 Å². The minimum absolute atomic E-state index is 0.0997. The van der Waals surface area contributed by atoms with Crippen LogP contribution in [0.15, 0.2) is 6.33 Å². The topological polar surface area (TPSA) is 50.7 Å². The normalized spacial score (nSPS) is 11.3. The Morgan fingerprint density at radius 3 is 2.50 bits per heavy atom. The molecule has 0 amide bonds. The molecule has 12 heavy (non-hydrogen) atoms. The van der Waals surface area contributed by atoms with Crippen molar-refractivity contribution < 1.29 is 13.2 Å². The Kier molecular flexibility index (Phi) is 2.11. The van der Waals surface area contributed by atoms with E-state index in [1.165, 1.54) is 7.05 Å². The highest BCUT2D eigenvalue weighted by molar-refractivity contribution is 5.21. The summed E-state index contributed by atoms with van der Waals surface area (Å²) in [5, 5.41) is 2.38. The first kappa shape index (κ1) is 8.69. The minimum atomic E-state index is -4.52. The molecule has 66 valence electrons. The SMILES string of the molecule is CNc1ncnc(C(F)(F)F)n1. The standard InChI is InChI=1S/C5H5F3N4/c1-9-4-11-2-10-3(12-4)5(6,7)8/h2H,1H3,(H,9,10,11,12). The zero-order valence-corrected chi connectivity index (χ0v) is 6.05. The molecule has 0 unspecified atom stereocenters. The summed E-state index contributed by atoms with van der Waals surface area (Å²) in [6, 6.07) is 0. The van der Waals surface area contributed by atoms with Gasteiger partial charge in [0.25, 0.3) is 0 Å². The fourth-order valence-electron chi connectivity index (χ4n) is 0.553. The number of alkyl halides is 3. The van der Waals surface area contributed by atoms with E-state index in [9.17, 15) is 13.2 Å². The van der Waals surface area contributed by atoms with Gasteiger partial charge in [0.05, 0.1) is 0 Å². The van der Waals surface area contributed by atoms with E-state index in [0.29, 0.717) is 0 Å². The molecule has 4 nitrogen and oxygen atoms in total. The van der Waals surface area contributed by atoms with Gasteiger partial charge in [-0.05, 0) is 0 Å². The summed E-state index contributed by atoms with van der Waals surface area (Å²) in [5.41, 5.74) is 0. The van der Waals surface area contributed by atoms with Crippen LogP contribution in [-0.4, -0.2) is 22.0 Å². The van der Waals surface area contributed by atoms with Gasteiger partial charge in [0.1, 0.15) is 6.33 Å². The fourth-order valence-corrected chi connectivity index (χ4v) is 0.553. The van der Waals surface area contributed by atoms with Gasteiger partial charge in [-0.2, -0.15) is 18.2 Å². The van der Waals surface area contributed by atoms with Crippen LogP contribution in [0.1, 0.15) is 5.82 Å². The van der Waals surface area contributed by atoms with Gasteiger partial charge in [-0.3, -0.25) is 0 Å². The summed E-state index contributed by atoms with van der Waals surface area (Å²) in [5.74, 6) is -1.29. The predicted octanol–water partition coefficient (Wildman–Crippen LogP) is 0.932. The highest BCUT2D eigenvalue weighted by Crippen LogP contribution is 2.25. The highest BCUT2D eigenvalue weighted by atomic mass is 19.4. The predicted molar refractivity (Wildman–Crippen MR) is 34.4 cm³/mol. The summed E-state index contributed by atoms with van der Waals surface area (Å²) < 4.78 is 35.8. The monoisotopic (exact) mass is 178 g/mol. The molecular weight excluding hydrogens is 173 g/mol. The van der Waals surface area contributed by atoms with Crippen molar-refractivity contribution in [2.45, 2.75) is 6.18 Å². The lowest BCUT2D eigenvalue weighted by atomic mass is 10.6. The van der Waals surface area contributed by atoms with Crippen molar-refractivity contribution in [3.8, 4) is 0 Å². The number of anilines is 1. The van der Waals surface area contributed by atoms with Crippen molar-refractivity contribution in [2.24, 2.45) is 0 Å². The second-order valence-corrected chi connectivity index (χ2v) is 1.88. The average Bonchev–Trinajstić information content (AvgIpc) is 2.03. The summed E-state index contributed by atoms with van der Waals surface area (Å²) in [7, 11) is 1.43. The van der Waals surface area contributed by atoms with Crippen LogP contribution in [0, 0.1) is 0 Å². The van der Waals surface area contributed by atoms with E-state index in [2.05, 4.69) is 20.3 Å². The molecule has 0 saturated carbocycles. The minimum Gasteiger partial charge on any atom is -0.357 e. The van der Waals surface area contributed by atoms with Crippen molar-refractivity contribution in [2.75, 3.05) is 12.4 Å². The van der Waals surface area contributed by atoms with E-state index in [0.717, 1.165) is 6.33 Å². The van der Waals surface area contributed by atoms with Crippen LogP contribution in [0.3, 0.4) is 0 Å². The fraction of sp³-hybridized carbons (Fsp3) is 0.400. The third-order valence-electron chi connectivity index (χ3n) is 1.05. The van der Waals surface area contributed by atoms with Gasteiger partial charge in [0.15, 0.2) is 0 Å². The molecule has 0 aliphatic heterocycles. The van der Waals surface area contributed by atoms with E-state index in [4.69, 9.17) is 0 Å². The summed E-state index contributed by atoms with van der Waals surface area (Å²) in [6.45, 7) is 0. The summed E-state index contributed by atoms with van der Waals surface area (Å²) in [4.78, 5) is 9.51. The molecule has 1 aromatic heterocycles. The Hall–Kier alpha value is -1.40. The molecule has 0 radical (unpaired) electrons. The molecule has 0 spiro atoms. The number of hydrogen-bond acceptors (Lipinski definition) is 4. The molecule has 0 saturated heterocycles. The van der Waals surface area contributed by atoms with Crippen LogP contribution in [0.25, 0.3) is 0 Å². The van der Waals surface area contributed by atoms with Crippen molar-refractivity contribution in [3.63, 3.8) is 0 Å². The lowest BCUT2D eigenvalue weighted by molar-refractivity contribution is -0.145. The molecule has 1 rings (SSSR count). The van der Waals surface area contributed by atoms with Crippen molar-refractivity contribution in [1.29, 1.82) is 0 Å². The maximum absolute atomic E-state index is 11.9. The van der Waals surface area contributed by atoms with E-state index in [1.54, 1.807) is 0 Å². The van der Waals surface area contributed by atoms with Crippen LogP contribution in [0.2, 0.25) is 0 Å². The number of rotatable bonds is 1. The van der Waals surface area contributed by atoms with Gasteiger partial charge >= 0.3 is 6.18 Å². The van der Waals surface area contributed by atoms with E-state index in [-0.39, 0.29) is 5.95 Å². The molecule has 1 heterocycles. The largest absolute Gasteiger partial charge is 0.451 e. The average molecular weight is 178 g/mol. The Morgan fingerprint density at radius 2 is 2.00 bits per heavy atom. The first-order valence-electron chi connectivity index (χ1n) is 2.98. The van der Waals surface area contributed by atoms with Crippen molar-refractivity contribution >= 4 is 5.95 Å². The summed E-state index contributed by atoms with van der Waals surface area (Å²) >= 11 is 0. The maximum Gasteiger partial charge on any atom is 0.451 e. The van der Waals surface area contributed by atoms with Gasteiger partial charge < -0.3 is 5.32 Å². The second-order valence-electron chi connectivity index (χ2n) is 1.88. The van der Waals surface area contributed by atoms with E-state index in [1.807, 2.05) is 0 Å². The summed E-state index contributed by atoms with van der Waals surface area (Å²) in [6.07, 6.45) is -3.71. The molecule has 0 aromatic carbocycles. The van der Waals surface area contributed by atoms with Gasteiger partial charge in [0, 0.05) is 7.05 Å². The maximum atomic E-state index is 11.9. The number of hydrogen-bond donors (Lipinski definition) is 1. The van der Waals surface area contributed by atoms with Gasteiger partial charge in [-0.15, -0.1) is 0 Å². The van der Waals surface area contributed by atoms with Gasteiger partial charge in [0.2, 0.25) is 11.8 Å². The first-order valence-corrected chi connectivity index (χ1v) is 2.98. The Morgan fingerprint density at radius 1 is 1.33 bits per heavy atom. The third kappa shape index (κ3) is 1.80. The molecule has 0 atom stereocenters. The number of halogens is 3. The Labute approximate surface area is 65.9 Å². The van der Waals surface area contributed by atoms with E-state index >= 15 is 0 Å². The van der Waals surface area contributed by atoms with E-state index < -0.39 is 12.0 Å². The van der Waals surface area contributed by atoms with Crippen LogP contribution < -0.4 is 5.32 Å². The molecule has 0 aliphatic carbocycles. The second kappa shape index (κ2) is 2.92. The quantitative estimate of drug-likeness (QED) is 0.695. The molecule has 0 aliphatic rings. The van der Waals surface area contributed by atoms with Crippen molar-refractivity contribution in [3.05, 3.63) is 12.2 Å². The van der Waals surface area contributed by atoms with Crippen LogP contribution in [0.4, 0.5) is 19.1 Å². The van der Waals surface area contributed by atoms with Crippen LogP contribution in [0.5, 0.6) is 0 Å². The molecule has 1 N–H and O–H groups in total. The number of aromatic nitrogens is 3. The smallest absolute Gasteiger partial charge is 0.357 e. The molecule has 0 bridgehead atoms. The van der Waals surface area contributed by atoms with Gasteiger partial charge in [-0.1, -0.05) is 0 Å².